The van der Waals surface area contributed by atoms with Crippen LogP contribution in [0.25, 0.3) is 0 Å². The molecule has 0 fully saturated rings. The fraction of sp³-hybridized carbons (Fsp3) is 0. The van der Waals surface area contributed by atoms with E-state index >= 15 is 0 Å². The molecule has 0 spiro atoms. The van der Waals surface area contributed by atoms with Gasteiger partial charge in [0, 0.05) is 24.5 Å². The van der Waals surface area contributed by atoms with Crippen LogP contribution < -0.4 is 0 Å². The van der Waals surface area contributed by atoms with Gasteiger partial charge in [-0.1, -0.05) is 6.07 Å². The molecule has 7 heteroatoms. The monoisotopic (exact) mass is 247 g/mol. The van der Waals surface area contributed by atoms with Crippen LogP contribution in [-0.2, 0) is 0 Å². The van der Waals surface area contributed by atoms with Crippen LogP contribution in [0.1, 0.15) is 0 Å². The summed E-state index contributed by atoms with van der Waals surface area (Å²) in [6, 6.07) is 10.3. The highest BCUT2D eigenvalue weighted by Crippen LogP contribution is 2.18. The van der Waals surface area contributed by atoms with Crippen LogP contribution in [0, 0.1) is 20.2 Å². The molecule has 2 rings (SSSR count). The molecule has 0 aliphatic carbocycles. The fourth-order valence-corrected chi connectivity index (χ4v) is 1.03. The van der Waals surface area contributed by atoms with Crippen molar-refractivity contribution in [2.24, 2.45) is 0 Å². The van der Waals surface area contributed by atoms with Gasteiger partial charge >= 0.3 is 0 Å². The Morgan fingerprint density at radius 2 is 1.33 bits per heavy atom. The van der Waals surface area contributed by atoms with Crippen molar-refractivity contribution in [2.75, 3.05) is 0 Å². The lowest BCUT2D eigenvalue weighted by atomic mass is 10.3. The maximum absolute atomic E-state index is 10.2. The number of rotatable bonds is 2. The largest absolute Gasteiger partial charge is 0.276 e. The molecule has 0 atom stereocenters. The lowest BCUT2D eigenvalue weighted by Gasteiger charge is -1.90. The van der Waals surface area contributed by atoms with E-state index in [9.17, 15) is 20.2 Å². The molecule has 0 N–H and O–H groups in total. The molecule has 0 aliphatic heterocycles. The summed E-state index contributed by atoms with van der Waals surface area (Å²) < 4.78 is 0. The number of nitro benzene ring substituents is 2. The van der Waals surface area contributed by atoms with Crippen molar-refractivity contribution in [1.82, 2.24) is 4.98 Å². The van der Waals surface area contributed by atoms with Crippen molar-refractivity contribution in [3.05, 3.63) is 75.1 Å². The molecular weight excluding hydrogens is 238 g/mol. The quantitative estimate of drug-likeness (QED) is 0.599. The zero-order valence-electron chi connectivity index (χ0n) is 9.17. The normalized spacial score (nSPS) is 8.89. The molecule has 92 valence electrons. The fourth-order valence-electron chi connectivity index (χ4n) is 1.03. The Labute approximate surface area is 102 Å². The summed E-state index contributed by atoms with van der Waals surface area (Å²) in [5, 5.41) is 20.3. The van der Waals surface area contributed by atoms with E-state index in [0.29, 0.717) is 0 Å². The number of hydrogen-bond acceptors (Lipinski definition) is 5. The standard InChI is InChI=1S/C6H4N2O4.C5H5N/c9-7(10)5-2-1-3-6(4-5)8(11)12;1-2-4-6-5-3-1/h1-4H;1-5H. The lowest BCUT2D eigenvalue weighted by molar-refractivity contribution is -0.394. The van der Waals surface area contributed by atoms with E-state index in [1.165, 1.54) is 18.2 Å². The first-order valence-corrected chi connectivity index (χ1v) is 4.85. The molecule has 0 saturated carbocycles. The molecule has 0 saturated heterocycles. The average molecular weight is 247 g/mol. The van der Waals surface area contributed by atoms with Crippen molar-refractivity contribution >= 4 is 11.4 Å². The third-order valence-corrected chi connectivity index (χ3v) is 1.82. The minimum Gasteiger partial charge on any atom is -0.265 e. The Bertz CT molecular complexity index is 475. The smallest absolute Gasteiger partial charge is 0.265 e. The SMILES string of the molecule is O=[N+]([O-])c1cccc([N+](=O)[O-])c1.c1ccncc1. The summed E-state index contributed by atoms with van der Waals surface area (Å²) in [5.74, 6) is 0. The third-order valence-electron chi connectivity index (χ3n) is 1.82. The maximum Gasteiger partial charge on any atom is 0.276 e. The number of pyridine rings is 1. The first-order valence-electron chi connectivity index (χ1n) is 4.85. The summed E-state index contributed by atoms with van der Waals surface area (Å²) in [6.45, 7) is 0. The summed E-state index contributed by atoms with van der Waals surface area (Å²) in [5.41, 5.74) is -0.548. The number of hydrogen-bond donors (Lipinski definition) is 0. The van der Waals surface area contributed by atoms with E-state index in [0.717, 1.165) is 6.07 Å². The van der Waals surface area contributed by atoms with Crippen LogP contribution in [0.2, 0.25) is 0 Å². The molecule has 7 nitrogen and oxygen atoms in total. The van der Waals surface area contributed by atoms with E-state index < -0.39 is 9.85 Å². The Balaban J connectivity index is 0.000000225. The molecule has 18 heavy (non-hydrogen) atoms. The summed E-state index contributed by atoms with van der Waals surface area (Å²) in [4.78, 5) is 22.8. The van der Waals surface area contributed by atoms with Gasteiger partial charge in [-0.2, -0.15) is 0 Å². The van der Waals surface area contributed by atoms with Crippen molar-refractivity contribution in [1.29, 1.82) is 0 Å². The van der Waals surface area contributed by atoms with Crippen molar-refractivity contribution in [3.8, 4) is 0 Å². The summed E-state index contributed by atoms with van der Waals surface area (Å²) in [6.07, 6.45) is 3.50. The minimum atomic E-state index is -0.674. The maximum atomic E-state index is 10.2. The molecule has 1 aromatic carbocycles. The Morgan fingerprint density at radius 1 is 0.833 bits per heavy atom. The van der Waals surface area contributed by atoms with E-state index in [1.807, 2.05) is 18.2 Å². The van der Waals surface area contributed by atoms with Gasteiger partial charge in [-0.15, -0.1) is 0 Å². The van der Waals surface area contributed by atoms with E-state index in [1.54, 1.807) is 12.4 Å². The van der Waals surface area contributed by atoms with E-state index in [4.69, 9.17) is 0 Å². The van der Waals surface area contributed by atoms with Gasteiger partial charge in [0.15, 0.2) is 0 Å². The molecule has 0 amide bonds. The highest BCUT2D eigenvalue weighted by Gasteiger charge is 2.11. The molecule has 0 unspecified atom stereocenters. The number of nitrogens with zero attached hydrogens (tertiary/aromatic N) is 3. The van der Waals surface area contributed by atoms with Crippen molar-refractivity contribution < 1.29 is 9.85 Å². The highest BCUT2D eigenvalue weighted by molar-refractivity contribution is 5.42. The Kier molecular flexibility index (Phi) is 4.92. The van der Waals surface area contributed by atoms with Crippen LogP contribution in [0.4, 0.5) is 11.4 Å². The van der Waals surface area contributed by atoms with Gasteiger partial charge in [0.1, 0.15) is 0 Å². The van der Waals surface area contributed by atoms with Gasteiger partial charge < -0.3 is 0 Å². The number of benzene rings is 1. The average Bonchev–Trinajstić information content (AvgIpc) is 2.41. The number of aromatic nitrogens is 1. The minimum absolute atomic E-state index is 0.274. The zero-order valence-corrected chi connectivity index (χ0v) is 9.17. The molecule has 2 aromatic rings. The molecule has 1 heterocycles. The topological polar surface area (TPSA) is 99.2 Å². The predicted octanol–water partition coefficient (Wildman–Crippen LogP) is 2.58. The van der Waals surface area contributed by atoms with Crippen molar-refractivity contribution in [3.63, 3.8) is 0 Å². The van der Waals surface area contributed by atoms with Crippen LogP contribution in [-0.4, -0.2) is 14.8 Å². The molecule has 0 aliphatic rings. The van der Waals surface area contributed by atoms with E-state index in [2.05, 4.69) is 4.98 Å². The first-order chi connectivity index (χ1) is 8.61. The first kappa shape index (κ1) is 13.2. The van der Waals surface area contributed by atoms with Crippen LogP contribution >= 0.6 is 0 Å². The highest BCUT2D eigenvalue weighted by atomic mass is 16.6. The molecule has 0 radical (unpaired) electrons. The lowest BCUT2D eigenvalue weighted by Crippen LogP contribution is -1.91. The van der Waals surface area contributed by atoms with Gasteiger partial charge in [-0.05, 0) is 18.2 Å². The van der Waals surface area contributed by atoms with Crippen LogP contribution in [0.15, 0.2) is 54.9 Å². The second-order valence-corrected chi connectivity index (χ2v) is 3.06. The van der Waals surface area contributed by atoms with Crippen molar-refractivity contribution in [2.45, 2.75) is 0 Å². The Hall–Kier alpha value is -2.83. The van der Waals surface area contributed by atoms with E-state index in [-0.39, 0.29) is 11.4 Å². The van der Waals surface area contributed by atoms with Gasteiger partial charge in [-0.3, -0.25) is 25.2 Å². The second kappa shape index (κ2) is 6.69. The second-order valence-electron chi connectivity index (χ2n) is 3.06. The molecule has 1 aromatic heterocycles. The molecular formula is C11H9N3O4. The molecule has 0 bridgehead atoms. The van der Waals surface area contributed by atoms with Gasteiger partial charge in [0.05, 0.1) is 15.9 Å². The summed E-state index contributed by atoms with van der Waals surface area (Å²) >= 11 is 0. The van der Waals surface area contributed by atoms with Gasteiger partial charge in [-0.25, -0.2) is 0 Å². The Morgan fingerprint density at radius 3 is 1.61 bits per heavy atom. The van der Waals surface area contributed by atoms with Crippen LogP contribution in [0.5, 0.6) is 0 Å². The zero-order chi connectivity index (χ0) is 13.4. The number of non-ortho nitro benzene ring substituents is 2. The predicted molar refractivity (Wildman–Crippen MR) is 64.0 cm³/mol. The van der Waals surface area contributed by atoms with Gasteiger partial charge in [0.2, 0.25) is 0 Å². The number of nitro groups is 2. The third kappa shape index (κ3) is 4.35. The van der Waals surface area contributed by atoms with Gasteiger partial charge in [0.25, 0.3) is 11.4 Å². The summed E-state index contributed by atoms with van der Waals surface area (Å²) in [7, 11) is 0. The van der Waals surface area contributed by atoms with Crippen LogP contribution in [0.3, 0.4) is 0 Å².